The van der Waals surface area contributed by atoms with Gasteiger partial charge in [0.1, 0.15) is 6.33 Å². The van der Waals surface area contributed by atoms with E-state index < -0.39 is 16.0 Å². The maximum atomic E-state index is 11.8. The summed E-state index contributed by atoms with van der Waals surface area (Å²) in [4.78, 5) is 11.8. The number of thioether (sulfide) groups is 1. The molecule has 2 heterocycles. The Kier molecular flexibility index (Phi) is 9.39. The number of carbonyl (C=O) groups excluding carboxylic acids is 1. The van der Waals surface area contributed by atoms with Gasteiger partial charge in [-0.05, 0) is 16.7 Å². The smallest absolute Gasteiger partial charge is 0.272 e. The average molecular weight is 586 g/mol. The van der Waals surface area contributed by atoms with Crippen LogP contribution in [0.2, 0.25) is 0 Å². The van der Waals surface area contributed by atoms with Gasteiger partial charge in [-0.3, -0.25) is 4.79 Å². The summed E-state index contributed by atoms with van der Waals surface area (Å²) in [5, 5.41) is 20.9. The van der Waals surface area contributed by atoms with Crippen LogP contribution in [0.25, 0.3) is 0 Å². The third-order valence-electron chi connectivity index (χ3n) is 6.13. The summed E-state index contributed by atoms with van der Waals surface area (Å²) in [6.07, 6.45) is 0.710. The van der Waals surface area contributed by atoms with Crippen LogP contribution >= 0.6 is 46.6 Å². The van der Waals surface area contributed by atoms with Gasteiger partial charge in [0.25, 0.3) is 9.70 Å². The average Bonchev–Trinajstić information content (AvgIpc) is 3.31. The van der Waals surface area contributed by atoms with Gasteiger partial charge in [-0.1, -0.05) is 102 Å². The van der Waals surface area contributed by atoms with E-state index in [2.05, 4.69) is 22.4 Å². The van der Waals surface area contributed by atoms with Crippen LogP contribution < -0.4 is 5.32 Å². The molecule has 1 aromatic heterocycles. The summed E-state index contributed by atoms with van der Waals surface area (Å²) < 4.78 is 12.8. The predicted octanol–water partition coefficient (Wildman–Crippen LogP) is 4.88. The number of nitrogens with zero attached hydrogens (tertiary/aromatic N) is 3. The summed E-state index contributed by atoms with van der Waals surface area (Å²) in [5.41, 5.74) is 3.53. The van der Waals surface area contributed by atoms with Crippen LogP contribution in [-0.2, 0) is 34.5 Å². The Morgan fingerprint density at radius 2 is 1.73 bits per heavy atom. The number of ether oxygens (including phenoxy) is 2. The Labute approximate surface area is 234 Å². The van der Waals surface area contributed by atoms with Crippen molar-refractivity contribution >= 4 is 52.5 Å². The molecule has 2 N–H and O–H groups in total. The van der Waals surface area contributed by atoms with E-state index in [9.17, 15) is 9.90 Å². The van der Waals surface area contributed by atoms with Crippen molar-refractivity contribution in [2.75, 3.05) is 5.75 Å². The molecule has 37 heavy (non-hydrogen) atoms. The Morgan fingerprint density at radius 3 is 2.32 bits per heavy atom. The molecule has 1 fully saturated rings. The van der Waals surface area contributed by atoms with E-state index in [-0.39, 0.29) is 31.3 Å². The van der Waals surface area contributed by atoms with E-state index in [0.29, 0.717) is 5.75 Å². The zero-order valence-corrected chi connectivity index (χ0v) is 23.3. The van der Waals surface area contributed by atoms with Gasteiger partial charge in [-0.2, -0.15) is 0 Å². The van der Waals surface area contributed by atoms with Crippen molar-refractivity contribution in [3.63, 3.8) is 0 Å². The lowest BCUT2D eigenvalue weighted by atomic mass is 9.91. The molecule has 2 aromatic carbocycles. The fraction of sp³-hybridized carbons (Fsp3) is 0.400. The van der Waals surface area contributed by atoms with E-state index in [1.165, 1.54) is 0 Å². The molecule has 1 amide bonds. The number of hydrogen-bond donors (Lipinski definition) is 2. The van der Waals surface area contributed by atoms with E-state index >= 15 is 0 Å². The maximum Gasteiger partial charge on any atom is 0.272 e. The number of halogens is 3. The third-order valence-corrected chi connectivity index (χ3v) is 7.77. The van der Waals surface area contributed by atoms with Crippen LogP contribution in [0.1, 0.15) is 41.6 Å². The molecule has 0 spiro atoms. The number of amides is 1. The highest BCUT2D eigenvalue weighted by Crippen LogP contribution is 2.42. The van der Waals surface area contributed by atoms with Crippen LogP contribution in [-0.4, -0.2) is 41.4 Å². The molecule has 3 aromatic rings. The first-order valence-electron chi connectivity index (χ1n) is 11.6. The van der Waals surface area contributed by atoms with E-state index in [1.807, 2.05) is 60.1 Å². The molecular weight excluding hydrogens is 559 g/mol. The molecule has 1 aliphatic heterocycles. The van der Waals surface area contributed by atoms with E-state index in [0.717, 1.165) is 27.4 Å². The number of alkyl halides is 3. The Balaban J connectivity index is 1.51. The van der Waals surface area contributed by atoms with Gasteiger partial charge in [0, 0.05) is 30.8 Å². The van der Waals surface area contributed by atoms with Crippen LogP contribution in [0, 0.1) is 5.92 Å². The number of hydrogen-bond acceptors (Lipinski definition) is 7. The highest BCUT2D eigenvalue weighted by molar-refractivity contribution is 7.99. The fourth-order valence-corrected chi connectivity index (χ4v) is 5.20. The molecule has 12 heteroatoms. The van der Waals surface area contributed by atoms with Gasteiger partial charge in [0.05, 0.1) is 18.8 Å². The van der Waals surface area contributed by atoms with Crippen LogP contribution in [0.4, 0.5) is 0 Å². The normalized spacial score (nSPS) is 22.1. The maximum absolute atomic E-state index is 11.8. The SMILES string of the molecule is C[C@@H]1[C@H](CSc2nncn2C)O[C@H](c2ccc(CNC(=O)C(Cl)(Cl)Cl)cc2)O[C@@H]1c1ccc(CO)cc1. The first kappa shape index (κ1) is 28.2. The van der Waals surface area contributed by atoms with Gasteiger partial charge < -0.3 is 24.5 Å². The summed E-state index contributed by atoms with van der Waals surface area (Å²) in [6.45, 7) is 2.31. The number of aryl methyl sites for hydroxylation is 1. The van der Waals surface area contributed by atoms with Crippen LogP contribution in [0.15, 0.2) is 60.0 Å². The highest BCUT2D eigenvalue weighted by Gasteiger charge is 2.38. The van der Waals surface area contributed by atoms with Crippen molar-refractivity contribution in [2.24, 2.45) is 13.0 Å². The Hall–Kier alpha value is -1.85. The van der Waals surface area contributed by atoms with Gasteiger partial charge in [-0.15, -0.1) is 10.2 Å². The molecule has 1 saturated heterocycles. The first-order valence-corrected chi connectivity index (χ1v) is 13.7. The van der Waals surface area contributed by atoms with Crippen molar-refractivity contribution in [3.8, 4) is 0 Å². The lowest BCUT2D eigenvalue weighted by molar-refractivity contribution is -0.268. The number of nitrogens with one attached hydrogen (secondary N) is 1. The molecule has 0 radical (unpaired) electrons. The van der Waals surface area contributed by atoms with Crippen molar-refractivity contribution in [3.05, 3.63) is 77.1 Å². The monoisotopic (exact) mass is 584 g/mol. The number of rotatable bonds is 8. The van der Waals surface area contributed by atoms with E-state index in [4.69, 9.17) is 44.3 Å². The lowest BCUT2D eigenvalue weighted by Crippen LogP contribution is -2.38. The molecule has 1 aliphatic rings. The Bertz CT molecular complexity index is 1190. The molecule has 0 bridgehead atoms. The number of aliphatic hydroxyl groups excluding tert-OH is 1. The van der Waals surface area contributed by atoms with Gasteiger partial charge in [0.2, 0.25) is 0 Å². The second-order valence-corrected chi connectivity index (χ2v) is 12.0. The quantitative estimate of drug-likeness (QED) is 0.287. The topological polar surface area (TPSA) is 98.5 Å². The van der Waals surface area contributed by atoms with Crippen molar-refractivity contribution < 1.29 is 19.4 Å². The Morgan fingerprint density at radius 1 is 1.08 bits per heavy atom. The van der Waals surface area contributed by atoms with Gasteiger partial charge in [-0.25, -0.2) is 0 Å². The lowest BCUT2D eigenvalue weighted by Gasteiger charge is -2.41. The highest BCUT2D eigenvalue weighted by atomic mass is 35.6. The van der Waals surface area contributed by atoms with E-state index in [1.54, 1.807) is 18.1 Å². The van der Waals surface area contributed by atoms with Crippen molar-refractivity contribution in [1.29, 1.82) is 0 Å². The van der Waals surface area contributed by atoms with Crippen LogP contribution in [0.5, 0.6) is 0 Å². The molecule has 0 unspecified atom stereocenters. The summed E-state index contributed by atoms with van der Waals surface area (Å²) in [5.74, 6) is 0.0288. The summed E-state index contributed by atoms with van der Waals surface area (Å²) in [7, 11) is 1.91. The first-order chi connectivity index (χ1) is 17.7. The minimum Gasteiger partial charge on any atom is -0.392 e. The summed E-state index contributed by atoms with van der Waals surface area (Å²) >= 11 is 18.4. The molecule has 0 saturated carbocycles. The molecular formula is C25H27Cl3N4O4S. The second-order valence-electron chi connectivity index (χ2n) is 8.78. The third kappa shape index (κ3) is 7.17. The molecule has 4 atom stereocenters. The predicted molar refractivity (Wildman–Crippen MR) is 143 cm³/mol. The zero-order chi connectivity index (χ0) is 26.6. The minimum absolute atomic E-state index is 0.0154. The van der Waals surface area contributed by atoms with Gasteiger partial charge >= 0.3 is 0 Å². The van der Waals surface area contributed by atoms with Crippen molar-refractivity contribution in [2.45, 2.75) is 47.5 Å². The largest absolute Gasteiger partial charge is 0.392 e. The summed E-state index contributed by atoms with van der Waals surface area (Å²) in [6, 6.07) is 15.3. The molecule has 8 nitrogen and oxygen atoms in total. The number of benzene rings is 2. The van der Waals surface area contributed by atoms with Crippen LogP contribution in [0.3, 0.4) is 0 Å². The number of aliphatic hydroxyl groups is 1. The molecule has 198 valence electrons. The van der Waals surface area contributed by atoms with Gasteiger partial charge in [0.15, 0.2) is 11.4 Å². The number of carbonyl (C=O) groups is 1. The second kappa shape index (κ2) is 12.3. The molecule has 4 rings (SSSR count). The fourth-order valence-electron chi connectivity index (χ4n) is 3.94. The standard InChI is InChI=1S/C25H27Cl3N4O4S/c1-15-20(13-37-24-31-30-14-32(24)2)35-22(36-21(15)18-7-5-17(12-33)6-8-18)19-9-3-16(4-10-19)11-29-23(34)25(26,27)28/h3-10,14-15,20-22,33H,11-13H2,1-2H3,(H,29,34)/t15-,20+,21+,22+/m1/s1. The minimum atomic E-state index is -2.01. The molecule has 0 aliphatic carbocycles. The zero-order valence-electron chi connectivity index (χ0n) is 20.2. The number of aromatic nitrogens is 3. The van der Waals surface area contributed by atoms with Crippen molar-refractivity contribution in [1.82, 2.24) is 20.1 Å².